The van der Waals surface area contributed by atoms with E-state index < -0.39 is 0 Å². The number of rotatable bonds is 3. The fraction of sp³-hybridized carbons (Fsp3) is 0.571. The minimum atomic E-state index is 0.00546. The molecule has 1 saturated heterocycles. The van der Waals surface area contributed by atoms with E-state index in [1.165, 1.54) is 0 Å². The van der Waals surface area contributed by atoms with Crippen LogP contribution >= 0.6 is 11.6 Å². The van der Waals surface area contributed by atoms with Gasteiger partial charge in [0.1, 0.15) is 5.15 Å². The second-order valence-electron chi connectivity index (χ2n) is 4.78. The van der Waals surface area contributed by atoms with Crippen molar-refractivity contribution in [1.82, 2.24) is 9.88 Å². The number of hydrogen-bond acceptors (Lipinski definition) is 3. The first-order valence-corrected chi connectivity index (χ1v) is 7.01. The summed E-state index contributed by atoms with van der Waals surface area (Å²) in [7, 11) is 1.85. The highest BCUT2D eigenvalue weighted by molar-refractivity contribution is 6.29. The molecule has 1 aliphatic rings. The average molecular weight is 283 g/mol. The van der Waals surface area contributed by atoms with Gasteiger partial charge in [-0.15, -0.1) is 0 Å². The van der Waals surface area contributed by atoms with E-state index in [0.717, 1.165) is 38.2 Å². The number of carbonyl (C=O) groups excluding carboxylic acids is 1. The number of aryl methyl sites for hydroxylation is 1. The highest BCUT2D eigenvalue weighted by atomic mass is 35.5. The van der Waals surface area contributed by atoms with Crippen LogP contribution in [0.25, 0.3) is 0 Å². The molecule has 0 atom stereocenters. The van der Waals surface area contributed by atoms with E-state index in [-0.39, 0.29) is 11.9 Å². The molecule has 0 spiro atoms. The highest BCUT2D eigenvalue weighted by Crippen LogP contribution is 2.18. The van der Waals surface area contributed by atoms with Crippen molar-refractivity contribution in [1.29, 1.82) is 0 Å². The molecule has 1 aromatic rings. The van der Waals surface area contributed by atoms with Gasteiger partial charge in [-0.25, -0.2) is 4.98 Å². The summed E-state index contributed by atoms with van der Waals surface area (Å²) in [6, 6.07) is 3.71. The normalized spacial score (nSPS) is 16.4. The molecule has 0 saturated carbocycles. The smallest absolute Gasteiger partial charge is 0.254 e. The Morgan fingerprint density at radius 3 is 2.79 bits per heavy atom. The Hall–Kier alpha value is -1.13. The molecule has 2 rings (SSSR count). The van der Waals surface area contributed by atoms with Crippen LogP contribution in [0.2, 0.25) is 5.15 Å². The fourth-order valence-electron chi connectivity index (χ4n) is 2.30. The summed E-state index contributed by atoms with van der Waals surface area (Å²) in [4.78, 5) is 18.4. The number of hydrogen-bond donors (Lipinski definition) is 0. The van der Waals surface area contributed by atoms with Crippen molar-refractivity contribution < 1.29 is 9.53 Å². The van der Waals surface area contributed by atoms with Crippen LogP contribution in [0.4, 0.5) is 0 Å². The highest BCUT2D eigenvalue weighted by Gasteiger charge is 2.23. The van der Waals surface area contributed by atoms with Crippen LogP contribution in [0.5, 0.6) is 0 Å². The first-order chi connectivity index (χ1) is 9.11. The number of carbonyl (C=O) groups is 1. The van der Waals surface area contributed by atoms with Crippen molar-refractivity contribution in [2.75, 3.05) is 20.3 Å². The number of halogens is 1. The maximum absolute atomic E-state index is 12.5. The molecule has 104 valence electrons. The van der Waals surface area contributed by atoms with E-state index >= 15 is 0 Å². The zero-order valence-electron chi connectivity index (χ0n) is 11.4. The van der Waals surface area contributed by atoms with Crippen LogP contribution in [-0.2, 0) is 11.2 Å². The Morgan fingerprint density at radius 2 is 2.16 bits per heavy atom. The molecule has 1 aliphatic heterocycles. The van der Waals surface area contributed by atoms with Gasteiger partial charge in [0.2, 0.25) is 0 Å². The second kappa shape index (κ2) is 6.35. The van der Waals surface area contributed by atoms with E-state index in [4.69, 9.17) is 16.3 Å². The SMILES string of the molecule is CCc1cc(C(=O)N(C)C2CCOCC2)cc(Cl)n1. The minimum absolute atomic E-state index is 0.00546. The molecule has 1 fully saturated rings. The molecule has 0 unspecified atom stereocenters. The van der Waals surface area contributed by atoms with Crippen LogP contribution in [-0.4, -0.2) is 42.1 Å². The van der Waals surface area contributed by atoms with Crippen LogP contribution in [0.1, 0.15) is 35.8 Å². The Bertz CT molecular complexity index is 459. The summed E-state index contributed by atoms with van der Waals surface area (Å²) in [6.45, 7) is 3.44. The van der Waals surface area contributed by atoms with Crippen molar-refractivity contribution in [2.24, 2.45) is 0 Å². The Labute approximate surface area is 118 Å². The number of pyridine rings is 1. The first-order valence-electron chi connectivity index (χ1n) is 6.63. The summed E-state index contributed by atoms with van der Waals surface area (Å²) < 4.78 is 5.32. The maximum Gasteiger partial charge on any atom is 0.254 e. The molecule has 0 N–H and O–H groups in total. The third-order valence-corrected chi connectivity index (χ3v) is 3.71. The number of amides is 1. The van der Waals surface area contributed by atoms with E-state index in [0.29, 0.717) is 10.7 Å². The molecule has 4 nitrogen and oxygen atoms in total. The van der Waals surface area contributed by atoms with E-state index in [1.807, 2.05) is 20.0 Å². The lowest BCUT2D eigenvalue weighted by Gasteiger charge is -2.31. The maximum atomic E-state index is 12.5. The predicted molar refractivity (Wildman–Crippen MR) is 74.6 cm³/mol. The number of aromatic nitrogens is 1. The minimum Gasteiger partial charge on any atom is -0.381 e. The zero-order valence-corrected chi connectivity index (χ0v) is 12.1. The zero-order chi connectivity index (χ0) is 13.8. The molecule has 5 heteroatoms. The molecular weight excluding hydrogens is 264 g/mol. The summed E-state index contributed by atoms with van der Waals surface area (Å²) >= 11 is 5.96. The predicted octanol–water partition coefficient (Wildman–Crippen LogP) is 2.55. The monoisotopic (exact) mass is 282 g/mol. The van der Waals surface area contributed by atoms with Gasteiger partial charge in [0, 0.05) is 37.6 Å². The number of ether oxygens (including phenoxy) is 1. The molecule has 0 aromatic carbocycles. The van der Waals surface area contributed by atoms with E-state index in [2.05, 4.69) is 4.98 Å². The lowest BCUT2D eigenvalue weighted by molar-refractivity contribution is 0.0362. The standard InChI is InChI=1S/C14H19ClN2O2/c1-3-11-8-10(9-13(15)16-11)14(18)17(2)12-4-6-19-7-5-12/h8-9,12H,3-7H2,1-2H3. The second-order valence-corrected chi connectivity index (χ2v) is 5.17. The quantitative estimate of drug-likeness (QED) is 0.800. The van der Waals surface area contributed by atoms with Gasteiger partial charge in [0.05, 0.1) is 0 Å². The van der Waals surface area contributed by atoms with Crippen LogP contribution in [0, 0.1) is 0 Å². The van der Waals surface area contributed by atoms with Gasteiger partial charge < -0.3 is 9.64 Å². The first kappa shape index (κ1) is 14.3. The Kier molecular flexibility index (Phi) is 4.77. The molecular formula is C14H19ClN2O2. The van der Waals surface area contributed by atoms with Gasteiger partial charge in [0.25, 0.3) is 5.91 Å². The molecule has 0 aliphatic carbocycles. The van der Waals surface area contributed by atoms with Crippen molar-refractivity contribution in [3.8, 4) is 0 Å². The van der Waals surface area contributed by atoms with Crippen LogP contribution in [0.15, 0.2) is 12.1 Å². The van der Waals surface area contributed by atoms with E-state index in [9.17, 15) is 4.79 Å². The number of nitrogens with zero attached hydrogens (tertiary/aromatic N) is 2. The van der Waals surface area contributed by atoms with Gasteiger partial charge in [-0.2, -0.15) is 0 Å². The summed E-state index contributed by atoms with van der Waals surface area (Å²) in [5.41, 5.74) is 1.46. The fourth-order valence-corrected chi connectivity index (χ4v) is 2.52. The summed E-state index contributed by atoms with van der Waals surface area (Å²) in [5, 5.41) is 0.378. The summed E-state index contributed by atoms with van der Waals surface area (Å²) in [6.07, 6.45) is 2.55. The third kappa shape index (κ3) is 3.45. The average Bonchev–Trinajstić information content (AvgIpc) is 2.46. The van der Waals surface area contributed by atoms with Crippen molar-refractivity contribution in [2.45, 2.75) is 32.2 Å². The van der Waals surface area contributed by atoms with Gasteiger partial charge in [-0.05, 0) is 31.4 Å². The third-order valence-electron chi connectivity index (χ3n) is 3.52. The van der Waals surface area contributed by atoms with Gasteiger partial charge in [-0.1, -0.05) is 18.5 Å². The topological polar surface area (TPSA) is 42.4 Å². The Morgan fingerprint density at radius 1 is 1.47 bits per heavy atom. The molecule has 0 bridgehead atoms. The van der Waals surface area contributed by atoms with Crippen molar-refractivity contribution >= 4 is 17.5 Å². The summed E-state index contributed by atoms with van der Waals surface area (Å²) in [5.74, 6) is 0.00546. The molecule has 0 radical (unpaired) electrons. The molecule has 1 amide bonds. The van der Waals surface area contributed by atoms with Crippen LogP contribution in [0.3, 0.4) is 0 Å². The van der Waals surface area contributed by atoms with Gasteiger partial charge in [-0.3, -0.25) is 4.79 Å². The van der Waals surface area contributed by atoms with Crippen molar-refractivity contribution in [3.05, 3.63) is 28.5 Å². The lowest BCUT2D eigenvalue weighted by Crippen LogP contribution is -2.40. The van der Waals surface area contributed by atoms with Gasteiger partial charge in [0.15, 0.2) is 0 Å². The van der Waals surface area contributed by atoms with Crippen LogP contribution < -0.4 is 0 Å². The van der Waals surface area contributed by atoms with E-state index in [1.54, 1.807) is 11.0 Å². The molecule has 19 heavy (non-hydrogen) atoms. The molecule has 2 heterocycles. The largest absolute Gasteiger partial charge is 0.381 e. The van der Waals surface area contributed by atoms with Crippen molar-refractivity contribution in [3.63, 3.8) is 0 Å². The van der Waals surface area contributed by atoms with Gasteiger partial charge >= 0.3 is 0 Å². The Balaban J connectivity index is 2.15. The lowest BCUT2D eigenvalue weighted by atomic mass is 10.1. The molecule has 1 aromatic heterocycles.